The van der Waals surface area contributed by atoms with E-state index in [2.05, 4.69) is 35.2 Å². The summed E-state index contributed by atoms with van der Waals surface area (Å²) in [7, 11) is 1.93. The summed E-state index contributed by atoms with van der Waals surface area (Å²) in [6.07, 6.45) is 4.68. The van der Waals surface area contributed by atoms with E-state index in [0.29, 0.717) is 25.8 Å². The van der Waals surface area contributed by atoms with Gasteiger partial charge in [0.1, 0.15) is 0 Å². The van der Waals surface area contributed by atoms with Gasteiger partial charge in [-0.1, -0.05) is 36.4 Å². The van der Waals surface area contributed by atoms with Crippen molar-refractivity contribution in [1.82, 2.24) is 4.90 Å². The molecular formula is C25H31N3O2. The molecule has 5 nitrogen and oxygen atoms in total. The van der Waals surface area contributed by atoms with Gasteiger partial charge in [-0.05, 0) is 49.4 Å². The second kappa shape index (κ2) is 9.33. The van der Waals surface area contributed by atoms with Crippen LogP contribution in [0.3, 0.4) is 0 Å². The maximum Gasteiger partial charge on any atom is 0.227 e. The Morgan fingerprint density at radius 1 is 1.07 bits per heavy atom. The van der Waals surface area contributed by atoms with E-state index in [4.69, 9.17) is 0 Å². The van der Waals surface area contributed by atoms with E-state index in [1.54, 1.807) is 0 Å². The molecule has 0 aliphatic carbocycles. The summed E-state index contributed by atoms with van der Waals surface area (Å²) in [4.78, 5) is 31.4. The Labute approximate surface area is 179 Å². The Bertz CT molecular complexity index is 883. The Morgan fingerprint density at radius 2 is 1.83 bits per heavy atom. The molecule has 30 heavy (non-hydrogen) atoms. The monoisotopic (exact) mass is 405 g/mol. The van der Waals surface area contributed by atoms with Gasteiger partial charge in [0.25, 0.3) is 0 Å². The van der Waals surface area contributed by atoms with Gasteiger partial charge in [0, 0.05) is 56.9 Å². The van der Waals surface area contributed by atoms with Gasteiger partial charge >= 0.3 is 0 Å². The predicted molar refractivity (Wildman–Crippen MR) is 121 cm³/mol. The van der Waals surface area contributed by atoms with Crippen molar-refractivity contribution < 1.29 is 9.59 Å². The molecule has 4 rings (SSSR count). The van der Waals surface area contributed by atoms with Crippen LogP contribution >= 0.6 is 0 Å². The van der Waals surface area contributed by atoms with E-state index in [1.165, 1.54) is 11.3 Å². The molecule has 0 radical (unpaired) electrons. The third-order valence-corrected chi connectivity index (χ3v) is 6.42. The van der Waals surface area contributed by atoms with Crippen molar-refractivity contribution >= 4 is 23.2 Å². The quantitative estimate of drug-likeness (QED) is 0.733. The predicted octanol–water partition coefficient (Wildman–Crippen LogP) is 3.87. The highest BCUT2D eigenvalue weighted by molar-refractivity contribution is 5.96. The molecular weight excluding hydrogens is 374 g/mol. The molecule has 0 saturated carbocycles. The maximum atomic E-state index is 12.9. The molecule has 2 aromatic carbocycles. The molecule has 158 valence electrons. The number of rotatable bonds is 6. The summed E-state index contributed by atoms with van der Waals surface area (Å²) in [5, 5.41) is 0. The number of hydrogen-bond donors (Lipinski definition) is 0. The minimum absolute atomic E-state index is 0.167. The van der Waals surface area contributed by atoms with Crippen LogP contribution in [0.2, 0.25) is 0 Å². The van der Waals surface area contributed by atoms with Gasteiger partial charge < -0.3 is 14.7 Å². The number of amides is 2. The van der Waals surface area contributed by atoms with Crippen molar-refractivity contribution in [2.75, 3.05) is 36.5 Å². The molecule has 2 aliphatic heterocycles. The summed E-state index contributed by atoms with van der Waals surface area (Å²) in [6.45, 7) is 2.53. The number of carbonyl (C=O) groups excluding carboxylic acids is 2. The Kier molecular flexibility index (Phi) is 6.36. The fourth-order valence-corrected chi connectivity index (χ4v) is 4.65. The summed E-state index contributed by atoms with van der Waals surface area (Å²) in [6, 6.07) is 18.8. The fourth-order valence-electron chi connectivity index (χ4n) is 4.65. The first kappa shape index (κ1) is 20.5. The fraction of sp³-hybridized carbons (Fsp3) is 0.440. The number of anilines is 2. The van der Waals surface area contributed by atoms with Crippen LogP contribution in [0, 0.1) is 0 Å². The first-order chi connectivity index (χ1) is 14.6. The van der Waals surface area contributed by atoms with E-state index >= 15 is 0 Å². The lowest BCUT2D eigenvalue weighted by atomic mass is 10.0. The summed E-state index contributed by atoms with van der Waals surface area (Å²) >= 11 is 0. The zero-order valence-electron chi connectivity index (χ0n) is 17.8. The van der Waals surface area contributed by atoms with Crippen LogP contribution in [0.15, 0.2) is 54.6 Å². The summed E-state index contributed by atoms with van der Waals surface area (Å²) < 4.78 is 0. The number of aryl methyl sites for hydroxylation is 1. The molecule has 0 bridgehead atoms. The number of likely N-dealkylation sites (N-methyl/N-ethyl adjacent to an activating group) is 1. The summed E-state index contributed by atoms with van der Waals surface area (Å²) in [5.74, 6) is 0.341. The standard InChI is InChI=1S/C25H31N3O2/c1-26(22-12-7-17-27(19-22)21-10-3-2-4-11-21)24(29)14-8-18-28-23-13-6-5-9-20(23)15-16-25(28)30/h2-6,9-11,13,22H,7-8,12,14-19H2,1H3. The Balaban J connectivity index is 1.30. The zero-order chi connectivity index (χ0) is 20.9. The van der Waals surface area contributed by atoms with Gasteiger partial charge in [-0.25, -0.2) is 0 Å². The molecule has 2 aromatic rings. The van der Waals surface area contributed by atoms with Gasteiger partial charge in [0.05, 0.1) is 0 Å². The second-order valence-electron chi connectivity index (χ2n) is 8.36. The van der Waals surface area contributed by atoms with Gasteiger partial charge in [-0.15, -0.1) is 0 Å². The number of para-hydroxylation sites is 2. The number of carbonyl (C=O) groups is 2. The van der Waals surface area contributed by atoms with E-state index in [1.807, 2.05) is 41.1 Å². The number of hydrogen-bond acceptors (Lipinski definition) is 3. The van der Waals surface area contributed by atoms with Crippen LogP contribution in [0.4, 0.5) is 11.4 Å². The zero-order valence-corrected chi connectivity index (χ0v) is 17.8. The van der Waals surface area contributed by atoms with E-state index in [9.17, 15) is 9.59 Å². The van der Waals surface area contributed by atoms with Crippen molar-refractivity contribution in [1.29, 1.82) is 0 Å². The molecule has 1 unspecified atom stereocenters. The Morgan fingerprint density at radius 3 is 2.67 bits per heavy atom. The van der Waals surface area contributed by atoms with E-state index < -0.39 is 0 Å². The smallest absolute Gasteiger partial charge is 0.227 e. The molecule has 1 atom stereocenters. The summed E-state index contributed by atoms with van der Waals surface area (Å²) in [5.41, 5.74) is 3.47. The lowest BCUT2D eigenvalue weighted by Gasteiger charge is -2.39. The van der Waals surface area contributed by atoms with Crippen molar-refractivity contribution in [3.63, 3.8) is 0 Å². The molecule has 2 aliphatic rings. The van der Waals surface area contributed by atoms with Gasteiger partial charge in [0.15, 0.2) is 0 Å². The average molecular weight is 406 g/mol. The first-order valence-electron chi connectivity index (χ1n) is 11.1. The van der Waals surface area contributed by atoms with Gasteiger partial charge in [-0.2, -0.15) is 0 Å². The molecule has 0 spiro atoms. The lowest BCUT2D eigenvalue weighted by molar-refractivity contribution is -0.132. The molecule has 2 amide bonds. The highest BCUT2D eigenvalue weighted by Gasteiger charge is 2.27. The van der Waals surface area contributed by atoms with E-state index in [0.717, 1.165) is 38.0 Å². The van der Waals surface area contributed by atoms with Crippen molar-refractivity contribution in [2.45, 2.75) is 44.6 Å². The van der Waals surface area contributed by atoms with Crippen molar-refractivity contribution in [3.8, 4) is 0 Å². The highest BCUT2D eigenvalue weighted by atomic mass is 16.2. The van der Waals surface area contributed by atoms with Crippen molar-refractivity contribution in [2.24, 2.45) is 0 Å². The van der Waals surface area contributed by atoms with Crippen LogP contribution < -0.4 is 9.80 Å². The van der Waals surface area contributed by atoms with Gasteiger partial charge in [-0.3, -0.25) is 9.59 Å². The van der Waals surface area contributed by atoms with Gasteiger partial charge in [0.2, 0.25) is 11.8 Å². The third-order valence-electron chi connectivity index (χ3n) is 6.42. The molecule has 2 heterocycles. The number of benzene rings is 2. The van der Waals surface area contributed by atoms with E-state index in [-0.39, 0.29) is 17.9 Å². The number of piperidine rings is 1. The Hall–Kier alpha value is -2.82. The molecule has 1 saturated heterocycles. The minimum Gasteiger partial charge on any atom is -0.369 e. The van der Waals surface area contributed by atoms with Crippen LogP contribution in [-0.4, -0.2) is 49.4 Å². The van der Waals surface area contributed by atoms with Crippen LogP contribution in [0.5, 0.6) is 0 Å². The molecule has 0 aromatic heterocycles. The molecule has 1 fully saturated rings. The minimum atomic E-state index is 0.167. The normalized spacial score (nSPS) is 18.8. The second-order valence-corrected chi connectivity index (χ2v) is 8.36. The molecule has 0 N–H and O–H groups in total. The van der Waals surface area contributed by atoms with Crippen LogP contribution in [-0.2, 0) is 16.0 Å². The SMILES string of the molecule is CN(C(=O)CCCN1C(=O)CCc2ccccc21)C1CCCN(c2ccccc2)C1. The third kappa shape index (κ3) is 4.50. The van der Waals surface area contributed by atoms with Crippen LogP contribution in [0.25, 0.3) is 0 Å². The number of nitrogens with zero attached hydrogens (tertiary/aromatic N) is 3. The molecule has 5 heteroatoms. The average Bonchev–Trinajstić information content (AvgIpc) is 2.80. The lowest BCUT2D eigenvalue weighted by Crippen LogP contribution is -2.48. The van der Waals surface area contributed by atoms with Crippen LogP contribution in [0.1, 0.15) is 37.7 Å². The maximum absolute atomic E-state index is 12.9. The number of fused-ring (bicyclic) bond motifs is 1. The highest BCUT2D eigenvalue weighted by Crippen LogP contribution is 2.28. The van der Waals surface area contributed by atoms with Crippen molar-refractivity contribution in [3.05, 3.63) is 60.2 Å². The first-order valence-corrected chi connectivity index (χ1v) is 11.1. The largest absolute Gasteiger partial charge is 0.369 e. The topological polar surface area (TPSA) is 43.9 Å².